The molecule has 0 fully saturated rings. The average Bonchev–Trinajstić information content (AvgIpc) is 1.61. The molecule has 0 bridgehead atoms. The number of hydrogen-bond acceptors (Lipinski definition) is 3. The minimum Gasteiger partial charge on any atom is -0.264 e. The molecule has 5 nitrogen and oxygen atoms in total. The van der Waals surface area contributed by atoms with Crippen molar-refractivity contribution >= 4 is 38.3 Å². The standard InChI is InChI=1S/C2H6N.Na.H2O4S/c1-2-3;;1-5(2,3)4/h1-3H2;;(H2,1,2,3,4). The van der Waals surface area contributed by atoms with E-state index in [4.69, 9.17) is 23.3 Å². The Balaban J connectivity index is 0. The van der Waals surface area contributed by atoms with Crippen molar-refractivity contribution in [2.75, 3.05) is 6.54 Å². The first-order chi connectivity index (χ1) is 3.91. The van der Waals surface area contributed by atoms with Gasteiger partial charge in [-0.05, 0) is 0 Å². The van der Waals surface area contributed by atoms with Crippen molar-refractivity contribution in [2.24, 2.45) is 5.73 Å². The zero-order chi connectivity index (χ0) is 7.91. The molecule has 0 atom stereocenters. The fourth-order valence-electron chi connectivity index (χ4n) is 0. The summed E-state index contributed by atoms with van der Waals surface area (Å²) in [6, 6.07) is 0. The predicted octanol–water partition coefficient (Wildman–Crippen LogP) is -1.12. The molecule has 52 valence electrons. The SMILES string of the molecule is NC[CH2][Na].O=S(=O)(O)O. The molecular weight excluding hydrogens is 157 g/mol. The van der Waals surface area contributed by atoms with E-state index in [1.807, 2.05) is 0 Å². The van der Waals surface area contributed by atoms with Crippen LogP contribution in [0.2, 0.25) is 3.67 Å². The van der Waals surface area contributed by atoms with Crippen LogP contribution in [0, 0.1) is 0 Å². The summed E-state index contributed by atoms with van der Waals surface area (Å²) >= 11 is 1.26. The molecule has 0 rings (SSSR count). The molecule has 0 aromatic heterocycles. The van der Waals surface area contributed by atoms with Crippen LogP contribution in [-0.4, -0.2) is 52.0 Å². The van der Waals surface area contributed by atoms with E-state index >= 15 is 0 Å². The maximum absolute atomic E-state index is 8.74. The number of hydrogen-bond donors (Lipinski definition) is 3. The molecule has 0 unspecified atom stereocenters. The zero-order valence-corrected chi connectivity index (χ0v) is 7.93. The maximum Gasteiger partial charge on any atom is 0.394 e. The fraction of sp³-hybridized carbons (Fsp3) is 1.00. The van der Waals surface area contributed by atoms with Crippen molar-refractivity contribution in [3.63, 3.8) is 0 Å². The smallest absolute Gasteiger partial charge is 0.264 e. The van der Waals surface area contributed by atoms with E-state index in [2.05, 4.69) is 0 Å². The van der Waals surface area contributed by atoms with E-state index < -0.39 is 10.4 Å². The largest absolute Gasteiger partial charge is 0.394 e. The van der Waals surface area contributed by atoms with Crippen LogP contribution in [0.4, 0.5) is 0 Å². The molecule has 9 heavy (non-hydrogen) atoms. The van der Waals surface area contributed by atoms with Crippen molar-refractivity contribution in [3.8, 4) is 0 Å². The van der Waals surface area contributed by atoms with Gasteiger partial charge >= 0.3 is 54.3 Å². The summed E-state index contributed by atoms with van der Waals surface area (Å²) in [6.07, 6.45) is 0. The third-order valence-electron chi connectivity index (χ3n) is 0.289. The Morgan fingerprint density at radius 3 is 1.56 bits per heavy atom. The maximum atomic E-state index is 8.74. The van der Waals surface area contributed by atoms with Gasteiger partial charge in [-0.3, -0.25) is 9.11 Å². The Morgan fingerprint density at radius 2 is 1.56 bits per heavy atom. The minimum absolute atomic E-state index is 0.881. The van der Waals surface area contributed by atoms with Crippen LogP contribution in [0.15, 0.2) is 0 Å². The molecule has 4 N–H and O–H groups in total. The first kappa shape index (κ1) is 12.5. The van der Waals surface area contributed by atoms with Crippen LogP contribution in [0.5, 0.6) is 0 Å². The van der Waals surface area contributed by atoms with Crippen molar-refractivity contribution in [1.82, 2.24) is 0 Å². The first-order valence-corrected chi connectivity index (χ1v) is 5.13. The van der Waals surface area contributed by atoms with Crippen LogP contribution in [-0.2, 0) is 10.4 Å². The molecule has 0 spiro atoms. The van der Waals surface area contributed by atoms with Gasteiger partial charge in [-0.1, -0.05) is 0 Å². The Morgan fingerprint density at radius 1 is 1.44 bits per heavy atom. The molecule has 0 aliphatic rings. The molecule has 0 aliphatic carbocycles. The fourth-order valence-corrected chi connectivity index (χ4v) is 0. The summed E-state index contributed by atoms with van der Waals surface area (Å²) in [5.41, 5.74) is 5.06. The first-order valence-electron chi connectivity index (χ1n) is 2.31. The van der Waals surface area contributed by atoms with Crippen molar-refractivity contribution < 1.29 is 17.5 Å². The molecule has 0 amide bonds. The van der Waals surface area contributed by atoms with Gasteiger partial charge < -0.3 is 0 Å². The summed E-state index contributed by atoms with van der Waals surface area (Å²) < 4.78 is 32.8. The summed E-state index contributed by atoms with van der Waals surface area (Å²) in [5, 5.41) is 0. The number of rotatable bonds is 1. The summed E-state index contributed by atoms with van der Waals surface area (Å²) in [4.78, 5) is 0. The van der Waals surface area contributed by atoms with Gasteiger partial charge in [0.25, 0.3) is 0 Å². The van der Waals surface area contributed by atoms with Crippen LogP contribution in [0.25, 0.3) is 0 Å². The quantitative estimate of drug-likeness (QED) is 0.337. The van der Waals surface area contributed by atoms with Gasteiger partial charge in [-0.25, -0.2) is 0 Å². The van der Waals surface area contributed by atoms with E-state index in [1.54, 1.807) is 0 Å². The van der Waals surface area contributed by atoms with Crippen molar-refractivity contribution in [3.05, 3.63) is 0 Å². The Kier molecular flexibility index (Phi) is 9.64. The van der Waals surface area contributed by atoms with Gasteiger partial charge in [0.2, 0.25) is 0 Å². The van der Waals surface area contributed by atoms with E-state index in [0.29, 0.717) is 0 Å². The van der Waals surface area contributed by atoms with E-state index in [0.717, 1.165) is 6.54 Å². The monoisotopic (exact) mass is 165 g/mol. The van der Waals surface area contributed by atoms with Gasteiger partial charge in [0.05, 0.1) is 0 Å². The van der Waals surface area contributed by atoms with Gasteiger partial charge in [-0.2, -0.15) is 8.42 Å². The van der Waals surface area contributed by atoms with Gasteiger partial charge in [0.15, 0.2) is 0 Å². The van der Waals surface area contributed by atoms with E-state index in [1.165, 1.54) is 31.6 Å². The third kappa shape index (κ3) is 123. The topological polar surface area (TPSA) is 101 Å². The summed E-state index contributed by atoms with van der Waals surface area (Å²) in [6.45, 7) is 0.881. The van der Waals surface area contributed by atoms with Crippen LogP contribution < -0.4 is 5.73 Å². The van der Waals surface area contributed by atoms with Gasteiger partial charge in [0.1, 0.15) is 0 Å². The molecule has 0 heterocycles. The second kappa shape index (κ2) is 6.94. The van der Waals surface area contributed by atoms with Crippen LogP contribution >= 0.6 is 0 Å². The van der Waals surface area contributed by atoms with Crippen molar-refractivity contribution in [2.45, 2.75) is 3.67 Å². The molecule has 0 aliphatic heterocycles. The molecule has 0 aromatic rings. The second-order valence-electron chi connectivity index (χ2n) is 1.24. The molecule has 0 radical (unpaired) electrons. The predicted molar refractivity (Wildman–Crippen MR) is 33.8 cm³/mol. The van der Waals surface area contributed by atoms with Crippen molar-refractivity contribution in [1.29, 1.82) is 0 Å². The molecule has 7 heteroatoms. The van der Waals surface area contributed by atoms with E-state index in [9.17, 15) is 0 Å². The Hall–Kier alpha value is 0.830. The van der Waals surface area contributed by atoms with Crippen LogP contribution in [0.1, 0.15) is 0 Å². The van der Waals surface area contributed by atoms with E-state index in [-0.39, 0.29) is 0 Å². The molecule has 0 aromatic carbocycles. The molecule has 0 saturated carbocycles. The van der Waals surface area contributed by atoms with Gasteiger partial charge in [0, 0.05) is 0 Å². The average molecular weight is 165 g/mol. The summed E-state index contributed by atoms with van der Waals surface area (Å²) in [7, 11) is -4.67. The molecular formula is C2H8NNaO4S. The third-order valence-corrected chi connectivity index (χ3v) is 0.866. The normalized spacial score (nSPS) is 9.89. The minimum atomic E-state index is -4.67. The number of nitrogens with two attached hydrogens (primary N) is 1. The second-order valence-corrected chi connectivity index (χ2v) is 3.13. The van der Waals surface area contributed by atoms with Gasteiger partial charge in [-0.15, -0.1) is 0 Å². The Bertz CT molecular complexity index is 122. The Labute approximate surface area is 71.6 Å². The zero-order valence-electron chi connectivity index (χ0n) is 5.11. The molecule has 0 saturated heterocycles. The summed E-state index contributed by atoms with van der Waals surface area (Å²) in [5.74, 6) is 0. The van der Waals surface area contributed by atoms with Crippen LogP contribution in [0.3, 0.4) is 0 Å².